The van der Waals surface area contributed by atoms with Crippen LogP contribution in [0.3, 0.4) is 0 Å². The van der Waals surface area contributed by atoms with Crippen LogP contribution < -0.4 is 4.90 Å². The standard InChI is InChI=1S/C23H27N5O/c1-17-8-10-18(11-9-17)21(26(2)3)23(29)28-14-12-27(13-15-28)22-19-6-4-5-7-20(19)24-16-25-22/h4-11,16,21H,12-15H2,1-3H3. The number of rotatable bonds is 4. The average Bonchev–Trinajstić information content (AvgIpc) is 2.75. The molecule has 1 saturated heterocycles. The van der Waals surface area contributed by atoms with Gasteiger partial charge in [-0.2, -0.15) is 0 Å². The van der Waals surface area contributed by atoms with E-state index in [1.165, 1.54) is 5.56 Å². The van der Waals surface area contributed by atoms with Gasteiger partial charge >= 0.3 is 0 Å². The summed E-state index contributed by atoms with van der Waals surface area (Å²) in [4.78, 5) is 28.4. The lowest BCUT2D eigenvalue weighted by molar-refractivity contribution is -0.136. The molecule has 6 nitrogen and oxygen atoms in total. The zero-order chi connectivity index (χ0) is 20.4. The molecule has 1 unspecified atom stereocenters. The van der Waals surface area contributed by atoms with Gasteiger partial charge in [0.25, 0.3) is 0 Å². The molecule has 4 rings (SSSR count). The summed E-state index contributed by atoms with van der Waals surface area (Å²) in [5, 5.41) is 1.06. The number of anilines is 1. The lowest BCUT2D eigenvalue weighted by atomic mass is 10.0. The Kier molecular flexibility index (Phi) is 5.45. The fourth-order valence-electron chi connectivity index (χ4n) is 3.96. The maximum Gasteiger partial charge on any atom is 0.244 e. The number of hydrogen-bond donors (Lipinski definition) is 0. The highest BCUT2D eigenvalue weighted by Crippen LogP contribution is 2.26. The van der Waals surface area contributed by atoms with Crippen LogP contribution in [-0.2, 0) is 4.79 Å². The first kappa shape index (κ1) is 19.3. The Morgan fingerprint density at radius 3 is 2.34 bits per heavy atom. The van der Waals surface area contributed by atoms with Gasteiger partial charge in [-0.05, 0) is 38.7 Å². The van der Waals surface area contributed by atoms with Crippen molar-refractivity contribution < 1.29 is 4.79 Å². The number of aryl methyl sites for hydroxylation is 1. The van der Waals surface area contributed by atoms with Crippen LogP contribution in [0.2, 0.25) is 0 Å². The number of aromatic nitrogens is 2. The number of nitrogens with zero attached hydrogens (tertiary/aromatic N) is 5. The van der Waals surface area contributed by atoms with Gasteiger partial charge in [0.05, 0.1) is 5.52 Å². The molecule has 0 bridgehead atoms. The van der Waals surface area contributed by atoms with Gasteiger partial charge < -0.3 is 9.80 Å². The summed E-state index contributed by atoms with van der Waals surface area (Å²) in [6.45, 7) is 4.97. The summed E-state index contributed by atoms with van der Waals surface area (Å²) in [6.07, 6.45) is 1.62. The van der Waals surface area contributed by atoms with E-state index in [0.29, 0.717) is 13.1 Å². The highest BCUT2D eigenvalue weighted by molar-refractivity contribution is 5.89. The fourth-order valence-corrected chi connectivity index (χ4v) is 3.96. The molecule has 0 N–H and O–H groups in total. The van der Waals surface area contributed by atoms with E-state index in [1.807, 2.05) is 42.1 Å². The molecule has 2 heterocycles. The predicted octanol–water partition coefficient (Wildman–Crippen LogP) is 2.89. The zero-order valence-corrected chi connectivity index (χ0v) is 17.2. The highest BCUT2D eigenvalue weighted by atomic mass is 16.2. The van der Waals surface area contributed by atoms with E-state index in [0.717, 1.165) is 35.4 Å². The minimum absolute atomic E-state index is 0.158. The van der Waals surface area contributed by atoms with Gasteiger partial charge in [0.2, 0.25) is 5.91 Å². The molecular formula is C23H27N5O. The third-order valence-corrected chi connectivity index (χ3v) is 5.56. The molecule has 1 fully saturated rings. The van der Waals surface area contributed by atoms with Crippen LogP contribution in [-0.4, -0.2) is 65.9 Å². The molecule has 6 heteroatoms. The maximum atomic E-state index is 13.3. The van der Waals surface area contributed by atoms with Crippen molar-refractivity contribution >= 4 is 22.6 Å². The Labute approximate surface area is 171 Å². The van der Waals surface area contributed by atoms with Gasteiger partial charge in [-0.1, -0.05) is 42.0 Å². The Hall–Kier alpha value is -2.99. The molecule has 1 atom stereocenters. The predicted molar refractivity (Wildman–Crippen MR) is 116 cm³/mol. The van der Waals surface area contributed by atoms with Crippen molar-refractivity contribution in [2.24, 2.45) is 0 Å². The van der Waals surface area contributed by atoms with Crippen LogP contribution in [0, 0.1) is 6.92 Å². The molecule has 1 aromatic heterocycles. The smallest absolute Gasteiger partial charge is 0.244 e. The van der Waals surface area contributed by atoms with Crippen LogP contribution in [0.25, 0.3) is 10.9 Å². The first-order valence-electron chi connectivity index (χ1n) is 10.0. The van der Waals surface area contributed by atoms with Crippen LogP contribution >= 0.6 is 0 Å². The lowest BCUT2D eigenvalue weighted by Gasteiger charge is -2.38. The average molecular weight is 390 g/mol. The first-order chi connectivity index (χ1) is 14.0. The van der Waals surface area contributed by atoms with Gasteiger partial charge in [0.15, 0.2) is 0 Å². The molecule has 0 saturated carbocycles. The van der Waals surface area contributed by atoms with Gasteiger partial charge in [-0.25, -0.2) is 9.97 Å². The minimum Gasteiger partial charge on any atom is -0.352 e. The summed E-state index contributed by atoms with van der Waals surface area (Å²) < 4.78 is 0. The van der Waals surface area contributed by atoms with Crippen molar-refractivity contribution in [3.05, 3.63) is 66.0 Å². The van der Waals surface area contributed by atoms with Crippen LogP contribution in [0.1, 0.15) is 17.2 Å². The second-order valence-corrected chi connectivity index (χ2v) is 7.80. The molecule has 2 aromatic carbocycles. The first-order valence-corrected chi connectivity index (χ1v) is 10.0. The monoisotopic (exact) mass is 389 g/mol. The van der Waals surface area contributed by atoms with Gasteiger partial charge in [0.1, 0.15) is 18.2 Å². The topological polar surface area (TPSA) is 52.6 Å². The molecule has 1 amide bonds. The molecule has 1 aliphatic heterocycles. The normalized spacial score (nSPS) is 15.7. The van der Waals surface area contributed by atoms with Gasteiger partial charge in [0, 0.05) is 31.6 Å². The Morgan fingerprint density at radius 1 is 0.966 bits per heavy atom. The highest BCUT2D eigenvalue weighted by Gasteiger charge is 2.30. The molecule has 0 aliphatic carbocycles. The van der Waals surface area contributed by atoms with Gasteiger partial charge in [-0.3, -0.25) is 9.69 Å². The third kappa shape index (κ3) is 3.93. The zero-order valence-electron chi connectivity index (χ0n) is 17.2. The molecule has 0 spiro atoms. The van der Waals surface area contributed by atoms with E-state index in [4.69, 9.17) is 0 Å². The fraction of sp³-hybridized carbons (Fsp3) is 0.348. The minimum atomic E-state index is -0.262. The number of hydrogen-bond acceptors (Lipinski definition) is 5. The summed E-state index contributed by atoms with van der Waals surface area (Å²) in [7, 11) is 3.93. The SMILES string of the molecule is Cc1ccc(C(C(=O)N2CCN(c3ncnc4ccccc34)CC2)N(C)C)cc1. The van der Waals surface area contributed by atoms with E-state index in [-0.39, 0.29) is 11.9 Å². The second-order valence-electron chi connectivity index (χ2n) is 7.80. The molecule has 3 aromatic rings. The van der Waals surface area contributed by atoms with Crippen molar-refractivity contribution in [1.82, 2.24) is 19.8 Å². The van der Waals surface area contributed by atoms with Crippen molar-refractivity contribution in [3.8, 4) is 0 Å². The number of amides is 1. The molecule has 29 heavy (non-hydrogen) atoms. The summed E-state index contributed by atoms with van der Waals surface area (Å²) in [5.41, 5.74) is 3.18. The molecule has 0 radical (unpaired) electrons. The van der Waals surface area contributed by atoms with E-state index in [1.54, 1.807) is 6.33 Å². The number of benzene rings is 2. The van der Waals surface area contributed by atoms with Crippen molar-refractivity contribution in [1.29, 1.82) is 0 Å². The van der Waals surface area contributed by atoms with Crippen molar-refractivity contribution in [3.63, 3.8) is 0 Å². The summed E-state index contributed by atoms with van der Waals surface area (Å²) in [5.74, 6) is 1.11. The van der Waals surface area contributed by atoms with Gasteiger partial charge in [-0.15, -0.1) is 0 Å². The van der Waals surface area contributed by atoms with E-state index in [2.05, 4.69) is 52.1 Å². The molecule has 150 valence electrons. The van der Waals surface area contributed by atoms with E-state index in [9.17, 15) is 4.79 Å². The number of likely N-dealkylation sites (N-methyl/N-ethyl adjacent to an activating group) is 1. The quantitative estimate of drug-likeness (QED) is 0.687. The second kappa shape index (κ2) is 8.17. The number of carbonyl (C=O) groups is 1. The Morgan fingerprint density at radius 2 is 1.66 bits per heavy atom. The van der Waals surface area contributed by atoms with Crippen molar-refractivity contribution in [2.45, 2.75) is 13.0 Å². The summed E-state index contributed by atoms with van der Waals surface area (Å²) >= 11 is 0. The van der Waals surface area contributed by atoms with E-state index < -0.39 is 0 Å². The Balaban J connectivity index is 1.49. The number of para-hydroxylation sites is 1. The summed E-state index contributed by atoms with van der Waals surface area (Å²) in [6, 6.07) is 16.0. The number of fused-ring (bicyclic) bond motifs is 1. The third-order valence-electron chi connectivity index (χ3n) is 5.56. The Bertz CT molecular complexity index is 988. The molecule has 1 aliphatic rings. The van der Waals surface area contributed by atoms with Crippen LogP contribution in [0.5, 0.6) is 0 Å². The van der Waals surface area contributed by atoms with Crippen LogP contribution in [0.4, 0.5) is 5.82 Å². The molecular weight excluding hydrogens is 362 g/mol. The number of piperazine rings is 1. The maximum absolute atomic E-state index is 13.3. The van der Waals surface area contributed by atoms with Crippen LogP contribution in [0.15, 0.2) is 54.9 Å². The lowest BCUT2D eigenvalue weighted by Crippen LogP contribution is -2.51. The largest absolute Gasteiger partial charge is 0.352 e. The number of carbonyl (C=O) groups excluding carboxylic acids is 1. The van der Waals surface area contributed by atoms with Crippen molar-refractivity contribution in [2.75, 3.05) is 45.2 Å². The van der Waals surface area contributed by atoms with E-state index >= 15 is 0 Å².